The van der Waals surface area contributed by atoms with Crippen LogP contribution in [0.25, 0.3) is 11.3 Å². The van der Waals surface area contributed by atoms with Crippen LogP contribution < -0.4 is 10.5 Å². The molecule has 1 aromatic heterocycles. The van der Waals surface area contributed by atoms with E-state index in [4.69, 9.17) is 10.5 Å². The van der Waals surface area contributed by atoms with Crippen LogP contribution in [0, 0.1) is 0 Å². The molecule has 0 fully saturated rings. The molecular formula is C14H18N2OS. The highest BCUT2D eigenvalue weighted by molar-refractivity contribution is 7.09. The van der Waals surface area contributed by atoms with E-state index < -0.39 is 0 Å². The van der Waals surface area contributed by atoms with Crippen molar-refractivity contribution in [3.63, 3.8) is 0 Å². The van der Waals surface area contributed by atoms with Crippen LogP contribution >= 0.6 is 11.3 Å². The molecule has 0 atom stereocenters. The number of benzene rings is 1. The number of hydrogen-bond acceptors (Lipinski definition) is 4. The molecule has 3 nitrogen and oxygen atoms in total. The summed E-state index contributed by atoms with van der Waals surface area (Å²) in [5.41, 5.74) is 8.93. The predicted octanol–water partition coefficient (Wildman–Crippen LogP) is 3.23. The number of aromatic nitrogens is 1. The number of nitrogens with two attached hydrogens (primary N) is 1. The molecule has 0 amide bonds. The second-order valence-electron chi connectivity index (χ2n) is 4.12. The summed E-state index contributed by atoms with van der Waals surface area (Å²) in [5, 5.41) is 2.99. The molecule has 0 aliphatic rings. The molecule has 2 rings (SSSR count). The molecule has 1 heterocycles. The molecule has 0 saturated carbocycles. The van der Waals surface area contributed by atoms with Gasteiger partial charge in [0.25, 0.3) is 0 Å². The fraction of sp³-hybridized carbons (Fsp3) is 0.357. The number of ether oxygens (including phenoxy) is 1. The molecular weight excluding hydrogens is 244 g/mol. The maximum absolute atomic E-state index is 5.61. The molecule has 0 spiro atoms. The third-order valence-electron chi connectivity index (χ3n) is 2.80. The number of aryl methyl sites for hydroxylation is 1. The average molecular weight is 262 g/mol. The summed E-state index contributed by atoms with van der Waals surface area (Å²) in [7, 11) is 1.69. The van der Waals surface area contributed by atoms with Crippen LogP contribution in [0.5, 0.6) is 5.75 Å². The van der Waals surface area contributed by atoms with E-state index >= 15 is 0 Å². The minimum absolute atomic E-state index is 0.488. The van der Waals surface area contributed by atoms with Gasteiger partial charge >= 0.3 is 0 Å². The van der Waals surface area contributed by atoms with Gasteiger partial charge in [-0.15, -0.1) is 11.3 Å². The highest BCUT2D eigenvalue weighted by Gasteiger charge is 2.10. The second-order valence-corrected chi connectivity index (χ2v) is 5.06. The Labute approximate surface area is 112 Å². The molecule has 4 heteroatoms. The Morgan fingerprint density at radius 1 is 1.39 bits per heavy atom. The smallest absolute Gasteiger partial charge is 0.128 e. The number of methoxy groups -OCH3 is 1. The standard InChI is InChI=1S/C14H18N2OS/c1-3-4-10-5-6-13(17-2)11(7-10)12-9-18-14(8-15)16-12/h5-7,9H,3-4,8,15H2,1-2H3. The topological polar surface area (TPSA) is 48.1 Å². The third kappa shape index (κ3) is 2.71. The molecule has 0 unspecified atom stereocenters. The summed E-state index contributed by atoms with van der Waals surface area (Å²) in [4.78, 5) is 4.52. The van der Waals surface area contributed by atoms with E-state index in [1.54, 1.807) is 18.4 Å². The van der Waals surface area contributed by atoms with Gasteiger partial charge in [-0.25, -0.2) is 4.98 Å². The van der Waals surface area contributed by atoms with Crippen LogP contribution in [0.4, 0.5) is 0 Å². The Bertz CT molecular complexity index is 522. The maximum atomic E-state index is 5.61. The number of hydrogen-bond donors (Lipinski definition) is 1. The molecule has 96 valence electrons. The molecule has 0 saturated heterocycles. The second kappa shape index (κ2) is 5.98. The Hall–Kier alpha value is -1.39. The largest absolute Gasteiger partial charge is 0.496 e. The molecule has 2 N–H and O–H groups in total. The Balaban J connectivity index is 2.42. The molecule has 0 aliphatic heterocycles. The van der Waals surface area contributed by atoms with Crippen molar-refractivity contribution in [3.8, 4) is 17.0 Å². The zero-order valence-corrected chi connectivity index (χ0v) is 11.6. The minimum Gasteiger partial charge on any atom is -0.496 e. The Morgan fingerprint density at radius 2 is 2.22 bits per heavy atom. The average Bonchev–Trinajstić information content (AvgIpc) is 2.87. The van der Waals surface area contributed by atoms with E-state index in [-0.39, 0.29) is 0 Å². The van der Waals surface area contributed by atoms with Gasteiger partial charge in [0, 0.05) is 17.5 Å². The summed E-state index contributed by atoms with van der Waals surface area (Å²) < 4.78 is 5.41. The van der Waals surface area contributed by atoms with Crippen LogP contribution in [0.3, 0.4) is 0 Å². The van der Waals surface area contributed by atoms with Gasteiger partial charge in [-0.2, -0.15) is 0 Å². The summed E-state index contributed by atoms with van der Waals surface area (Å²) in [5.74, 6) is 0.865. The zero-order valence-electron chi connectivity index (χ0n) is 10.8. The fourth-order valence-corrected chi connectivity index (χ4v) is 2.60. The van der Waals surface area contributed by atoms with Crippen LogP contribution in [0.15, 0.2) is 23.6 Å². The van der Waals surface area contributed by atoms with E-state index in [1.807, 2.05) is 11.4 Å². The van der Waals surface area contributed by atoms with Crippen molar-refractivity contribution >= 4 is 11.3 Å². The van der Waals surface area contributed by atoms with E-state index in [1.165, 1.54) is 5.56 Å². The minimum atomic E-state index is 0.488. The first kappa shape index (κ1) is 13.1. The molecule has 2 aromatic rings. The molecule has 0 radical (unpaired) electrons. The normalized spacial score (nSPS) is 10.6. The summed E-state index contributed by atoms with van der Waals surface area (Å²) in [6.45, 7) is 2.67. The van der Waals surface area contributed by atoms with Crippen LogP contribution in [0.2, 0.25) is 0 Å². The van der Waals surface area contributed by atoms with Crippen LogP contribution in [-0.2, 0) is 13.0 Å². The Kier molecular flexibility index (Phi) is 4.33. The van der Waals surface area contributed by atoms with Crippen LogP contribution in [-0.4, -0.2) is 12.1 Å². The first-order chi connectivity index (χ1) is 8.78. The predicted molar refractivity (Wildman–Crippen MR) is 76.0 cm³/mol. The van der Waals surface area contributed by atoms with Crippen molar-refractivity contribution in [2.24, 2.45) is 5.73 Å². The Morgan fingerprint density at radius 3 is 2.83 bits per heavy atom. The molecule has 0 bridgehead atoms. The van der Waals surface area contributed by atoms with Crippen molar-refractivity contribution in [2.45, 2.75) is 26.3 Å². The van der Waals surface area contributed by atoms with E-state index in [9.17, 15) is 0 Å². The van der Waals surface area contributed by atoms with Crippen molar-refractivity contribution < 1.29 is 4.74 Å². The highest BCUT2D eigenvalue weighted by atomic mass is 32.1. The zero-order chi connectivity index (χ0) is 13.0. The third-order valence-corrected chi connectivity index (χ3v) is 3.68. The van der Waals surface area contributed by atoms with E-state index in [0.717, 1.165) is 34.9 Å². The van der Waals surface area contributed by atoms with Gasteiger partial charge in [0.2, 0.25) is 0 Å². The van der Waals surface area contributed by atoms with Gasteiger partial charge in [0.05, 0.1) is 12.8 Å². The van der Waals surface area contributed by atoms with Gasteiger partial charge in [0.15, 0.2) is 0 Å². The van der Waals surface area contributed by atoms with Crippen LogP contribution in [0.1, 0.15) is 23.9 Å². The molecule has 18 heavy (non-hydrogen) atoms. The van der Waals surface area contributed by atoms with Gasteiger partial charge < -0.3 is 10.5 Å². The fourth-order valence-electron chi connectivity index (χ4n) is 1.93. The summed E-state index contributed by atoms with van der Waals surface area (Å²) in [6, 6.07) is 6.29. The first-order valence-electron chi connectivity index (χ1n) is 6.10. The van der Waals surface area contributed by atoms with Crippen molar-refractivity contribution in [1.82, 2.24) is 4.98 Å². The lowest BCUT2D eigenvalue weighted by atomic mass is 10.0. The maximum Gasteiger partial charge on any atom is 0.128 e. The first-order valence-corrected chi connectivity index (χ1v) is 6.98. The lowest BCUT2D eigenvalue weighted by molar-refractivity contribution is 0.416. The summed E-state index contributed by atoms with van der Waals surface area (Å²) in [6.07, 6.45) is 2.21. The van der Waals surface area contributed by atoms with E-state index in [2.05, 4.69) is 24.0 Å². The van der Waals surface area contributed by atoms with E-state index in [0.29, 0.717) is 6.54 Å². The van der Waals surface area contributed by atoms with Gasteiger partial charge in [0.1, 0.15) is 10.8 Å². The quantitative estimate of drug-likeness (QED) is 0.900. The number of thiazole rings is 1. The monoisotopic (exact) mass is 262 g/mol. The highest BCUT2D eigenvalue weighted by Crippen LogP contribution is 2.32. The van der Waals surface area contributed by atoms with Gasteiger partial charge in [-0.05, 0) is 24.1 Å². The van der Waals surface area contributed by atoms with Crippen molar-refractivity contribution in [1.29, 1.82) is 0 Å². The SMILES string of the molecule is CCCc1ccc(OC)c(-c2csc(CN)n2)c1. The van der Waals surface area contributed by atoms with Gasteiger partial charge in [-0.1, -0.05) is 19.4 Å². The molecule has 0 aliphatic carbocycles. The molecule has 1 aromatic carbocycles. The van der Waals surface area contributed by atoms with Crippen molar-refractivity contribution in [2.75, 3.05) is 7.11 Å². The van der Waals surface area contributed by atoms with Gasteiger partial charge in [-0.3, -0.25) is 0 Å². The lowest BCUT2D eigenvalue weighted by Crippen LogP contribution is -1.95. The number of rotatable bonds is 5. The number of nitrogens with zero attached hydrogens (tertiary/aromatic N) is 1. The van der Waals surface area contributed by atoms with Crippen molar-refractivity contribution in [3.05, 3.63) is 34.2 Å². The lowest BCUT2D eigenvalue weighted by Gasteiger charge is -2.08. The summed E-state index contributed by atoms with van der Waals surface area (Å²) >= 11 is 1.59.